The quantitative estimate of drug-likeness (QED) is 0.264. The molecule has 3 heterocycles. The van der Waals surface area contributed by atoms with Gasteiger partial charge in [-0.15, -0.1) is 0 Å². The number of hydrogen-bond donors (Lipinski definition) is 1. The Bertz CT molecular complexity index is 1630. The summed E-state index contributed by atoms with van der Waals surface area (Å²) in [5.74, 6) is -0.266. The molecule has 9 nitrogen and oxygen atoms in total. The summed E-state index contributed by atoms with van der Waals surface area (Å²) in [4.78, 5) is 17.6. The third-order valence-corrected chi connectivity index (χ3v) is 8.83. The molecule has 1 aromatic heterocycles. The Morgan fingerprint density at radius 3 is 2.18 bits per heavy atom. The number of nitrogens with zero attached hydrogens (tertiary/aromatic N) is 5. The van der Waals surface area contributed by atoms with Gasteiger partial charge in [-0.05, 0) is 74.4 Å². The van der Waals surface area contributed by atoms with Crippen molar-refractivity contribution in [3.8, 4) is 11.4 Å². The summed E-state index contributed by atoms with van der Waals surface area (Å²) >= 11 is 0. The first-order valence-corrected chi connectivity index (χ1v) is 15.5. The van der Waals surface area contributed by atoms with Crippen LogP contribution >= 0.6 is 0 Å². The fourth-order valence-electron chi connectivity index (χ4n) is 6.24. The summed E-state index contributed by atoms with van der Waals surface area (Å²) in [7, 11) is 0. The van der Waals surface area contributed by atoms with Crippen LogP contribution in [-0.2, 0) is 4.74 Å². The lowest BCUT2D eigenvalue weighted by atomic mass is 10.0. The van der Waals surface area contributed by atoms with Crippen LogP contribution in [0.5, 0.6) is 5.75 Å². The second-order valence-electron chi connectivity index (χ2n) is 11.8. The van der Waals surface area contributed by atoms with Gasteiger partial charge in [0.25, 0.3) is 0 Å². The van der Waals surface area contributed by atoms with Crippen molar-refractivity contribution in [1.82, 2.24) is 14.3 Å². The van der Waals surface area contributed by atoms with Crippen LogP contribution in [0.25, 0.3) is 5.69 Å². The molecule has 2 saturated heterocycles. The summed E-state index contributed by atoms with van der Waals surface area (Å²) in [6.45, 7) is 7.99. The van der Waals surface area contributed by atoms with E-state index in [9.17, 15) is 18.7 Å². The maximum Gasteiger partial charge on any atom is 0.350 e. The van der Waals surface area contributed by atoms with E-state index >= 15 is 0 Å². The maximum atomic E-state index is 14.1. The Labute approximate surface area is 261 Å². The van der Waals surface area contributed by atoms with Crippen LogP contribution < -0.4 is 20.2 Å². The summed E-state index contributed by atoms with van der Waals surface area (Å²) in [5, 5.41) is 14.3. The molecule has 45 heavy (non-hydrogen) atoms. The third kappa shape index (κ3) is 6.74. The van der Waals surface area contributed by atoms with E-state index in [-0.39, 0.29) is 23.8 Å². The predicted molar refractivity (Wildman–Crippen MR) is 168 cm³/mol. The molecule has 0 spiro atoms. The lowest BCUT2D eigenvalue weighted by Gasteiger charge is -2.37. The van der Waals surface area contributed by atoms with Gasteiger partial charge in [-0.2, -0.15) is 5.10 Å². The van der Waals surface area contributed by atoms with Crippen molar-refractivity contribution in [2.45, 2.75) is 44.9 Å². The molecule has 11 heteroatoms. The number of ether oxygens (including phenoxy) is 2. The first-order chi connectivity index (χ1) is 21.8. The Hall–Kier alpha value is -4.22. The van der Waals surface area contributed by atoms with E-state index in [1.165, 1.54) is 27.7 Å². The van der Waals surface area contributed by atoms with Gasteiger partial charge >= 0.3 is 5.69 Å². The van der Waals surface area contributed by atoms with Crippen molar-refractivity contribution < 1.29 is 23.4 Å². The average molecular weight is 620 g/mol. The van der Waals surface area contributed by atoms with Crippen molar-refractivity contribution in [3.63, 3.8) is 0 Å². The van der Waals surface area contributed by atoms with Crippen molar-refractivity contribution in [1.29, 1.82) is 0 Å². The molecule has 0 saturated carbocycles. The van der Waals surface area contributed by atoms with Gasteiger partial charge in [0.15, 0.2) is 0 Å². The van der Waals surface area contributed by atoms with Crippen LogP contribution in [0.4, 0.5) is 20.2 Å². The molecule has 3 aromatic carbocycles. The zero-order valence-corrected chi connectivity index (χ0v) is 25.6. The van der Waals surface area contributed by atoms with E-state index in [4.69, 9.17) is 9.47 Å². The van der Waals surface area contributed by atoms with Crippen LogP contribution in [0.15, 0.2) is 77.9 Å². The van der Waals surface area contributed by atoms with Gasteiger partial charge in [0.2, 0.25) is 0 Å². The van der Waals surface area contributed by atoms with Gasteiger partial charge in [0.05, 0.1) is 37.2 Å². The number of benzene rings is 3. The van der Waals surface area contributed by atoms with Crippen LogP contribution in [0.3, 0.4) is 0 Å². The van der Waals surface area contributed by atoms with Crippen LogP contribution in [0, 0.1) is 17.6 Å². The van der Waals surface area contributed by atoms with E-state index in [2.05, 4.69) is 27.0 Å². The normalized spacial score (nSPS) is 19.9. The van der Waals surface area contributed by atoms with Gasteiger partial charge in [-0.3, -0.25) is 0 Å². The highest BCUT2D eigenvalue weighted by Gasteiger charge is 2.29. The number of rotatable bonds is 10. The number of anilines is 2. The highest BCUT2D eigenvalue weighted by molar-refractivity contribution is 5.54. The molecule has 3 unspecified atom stereocenters. The second-order valence-corrected chi connectivity index (χ2v) is 11.8. The predicted octanol–water partition coefficient (Wildman–Crippen LogP) is 5.13. The minimum Gasteiger partial charge on any atom is -0.493 e. The smallest absolute Gasteiger partial charge is 0.350 e. The summed E-state index contributed by atoms with van der Waals surface area (Å²) in [6.07, 6.45) is 1.69. The van der Waals surface area contributed by atoms with E-state index in [0.717, 1.165) is 55.1 Å². The van der Waals surface area contributed by atoms with Crippen molar-refractivity contribution in [3.05, 3.63) is 101 Å². The van der Waals surface area contributed by atoms with Gasteiger partial charge in [0.1, 0.15) is 23.7 Å². The Morgan fingerprint density at radius 1 is 0.956 bits per heavy atom. The van der Waals surface area contributed by atoms with Gasteiger partial charge < -0.3 is 24.4 Å². The molecule has 0 aliphatic carbocycles. The molecule has 2 fully saturated rings. The van der Waals surface area contributed by atoms with E-state index < -0.39 is 17.7 Å². The van der Waals surface area contributed by atoms with Crippen molar-refractivity contribution in [2.24, 2.45) is 5.92 Å². The number of aliphatic hydroxyl groups excluding tert-OH is 1. The highest BCUT2D eigenvalue weighted by Crippen LogP contribution is 2.34. The summed E-state index contributed by atoms with van der Waals surface area (Å²) < 4.78 is 42.0. The molecule has 4 atom stereocenters. The van der Waals surface area contributed by atoms with E-state index in [0.29, 0.717) is 31.6 Å². The first-order valence-electron chi connectivity index (χ1n) is 15.5. The minimum absolute atomic E-state index is 0.128. The van der Waals surface area contributed by atoms with E-state index in [1.54, 1.807) is 6.92 Å². The molecule has 238 valence electrons. The molecule has 0 bridgehead atoms. The maximum absolute atomic E-state index is 14.1. The van der Waals surface area contributed by atoms with Crippen LogP contribution in [0.2, 0.25) is 0 Å². The molecule has 0 amide bonds. The lowest BCUT2D eigenvalue weighted by Crippen LogP contribution is -2.46. The zero-order chi connectivity index (χ0) is 31.5. The zero-order valence-electron chi connectivity index (χ0n) is 25.6. The topological polar surface area (TPSA) is 85.0 Å². The second kappa shape index (κ2) is 13.4. The monoisotopic (exact) mass is 619 g/mol. The number of aliphatic hydroxyl groups is 1. The SMILES string of the molecule is CCC(C(C)O)n1ncn(-c2ccc(N3CCN(c4ccc(OC[C@@H]5COC(c6ccc(F)cc6F)C5)cc4)CC3)cc2)c1=O. The molecule has 0 radical (unpaired) electrons. The Morgan fingerprint density at radius 2 is 1.58 bits per heavy atom. The molecule has 2 aliphatic heterocycles. The number of hydrogen-bond acceptors (Lipinski definition) is 7. The summed E-state index contributed by atoms with van der Waals surface area (Å²) in [6, 6.07) is 19.2. The highest BCUT2D eigenvalue weighted by atomic mass is 19.1. The van der Waals surface area contributed by atoms with Crippen molar-refractivity contribution >= 4 is 11.4 Å². The number of halogens is 2. The van der Waals surface area contributed by atoms with Gasteiger partial charge in [-0.1, -0.05) is 13.0 Å². The number of aromatic nitrogens is 3. The van der Waals surface area contributed by atoms with Gasteiger partial charge in [-0.25, -0.2) is 22.8 Å². The largest absolute Gasteiger partial charge is 0.493 e. The van der Waals surface area contributed by atoms with Crippen molar-refractivity contribution in [2.75, 3.05) is 49.2 Å². The lowest BCUT2D eigenvalue weighted by molar-refractivity contribution is 0.100. The molecular formula is C34H39F2N5O4. The molecule has 4 aromatic rings. The standard InChI is InChI=1S/C34H39F2N5O4/c1-3-32(23(2)42)41-34(43)40(22-37-41)28-7-5-26(6-8-28)38-14-16-39(17-15-38)27-9-11-29(12-10-27)44-20-24-18-33(45-21-24)30-13-4-25(35)19-31(30)36/h4-13,19,22-24,32-33,42H,3,14-18,20-21H2,1-2H3/t23?,24-,32?,33?/m1/s1. The fourth-order valence-corrected chi connectivity index (χ4v) is 6.24. The number of piperazine rings is 1. The van der Waals surface area contributed by atoms with E-state index in [1.807, 2.05) is 43.3 Å². The average Bonchev–Trinajstić information content (AvgIpc) is 3.67. The minimum atomic E-state index is -0.668. The molecular weight excluding hydrogens is 580 g/mol. The third-order valence-electron chi connectivity index (χ3n) is 8.83. The fraction of sp³-hybridized carbons (Fsp3) is 0.412. The Balaban J connectivity index is 0.985. The molecule has 2 aliphatic rings. The van der Waals surface area contributed by atoms with Crippen LogP contribution in [-0.4, -0.2) is 65.0 Å². The van der Waals surface area contributed by atoms with Crippen LogP contribution in [0.1, 0.15) is 44.4 Å². The molecule has 6 rings (SSSR count). The summed E-state index contributed by atoms with van der Waals surface area (Å²) in [5.41, 5.74) is 3.09. The Kier molecular flexibility index (Phi) is 9.18. The molecule has 1 N–H and O–H groups in total. The first kappa shape index (κ1) is 30.8. The van der Waals surface area contributed by atoms with Gasteiger partial charge in [0, 0.05) is 55.1 Å².